The van der Waals surface area contributed by atoms with Crippen LogP contribution < -0.4 is 11.1 Å². The molecule has 4 rings (SSSR count). The molecular weight excluding hydrogens is 510 g/mol. The van der Waals surface area contributed by atoms with Gasteiger partial charge in [0.05, 0.1) is 30.9 Å². The highest BCUT2D eigenvalue weighted by molar-refractivity contribution is 5.76. The Bertz CT molecular complexity index is 1210. The van der Waals surface area contributed by atoms with Gasteiger partial charge >= 0.3 is 12.4 Å². The summed E-state index contributed by atoms with van der Waals surface area (Å²) in [4.78, 5) is 11.6. The third-order valence-corrected chi connectivity index (χ3v) is 6.60. The summed E-state index contributed by atoms with van der Waals surface area (Å²) in [6.45, 7) is -0.771. The molecule has 0 aromatic heterocycles. The van der Waals surface area contributed by atoms with Gasteiger partial charge in [-0.1, -0.05) is 48.5 Å². The predicted octanol–water partition coefficient (Wildman–Crippen LogP) is 5.62. The molecule has 0 saturated heterocycles. The molecule has 0 aliphatic heterocycles. The van der Waals surface area contributed by atoms with Gasteiger partial charge in [0.25, 0.3) is 0 Å². The Morgan fingerprint density at radius 2 is 1.37 bits per heavy atom. The van der Waals surface area contributed by atoms with Crippen LogP contribution >= 0.6 is 0 Å². The van der Waals surface area contributed by atoms with Crippen LogP contribution in [0.5, 0.6) is 0 Å². The zero-order valence-electron chi connectivity index (χ0n) is 20.2. The van der Waals surface area contributed by atoms with Gasteiger partial charge in [0.1, 0.15) is 0 Å². The minimum absolute atomic E-state index is 0.0834. The molecule has 0 heterocycles. The van der Waals surface area contributed by atoms with Gasteiger partial charge in [-0.2, -0.15) is 26.3 Å². The zero-order chi connectivity index (χ0) is 27.5. The molecule has 0 spiro atoms. The SMILES string of the molecule is NC(=O)CNC(COCc1cc(C(F)(F)F)cc(C(F)(F)F)c1)C1c2ccccc2CCc2ccccc21. The van der Waals surface area contributed by atoms with Crippen LogP contribution in [-0.4, -0.2) is 25.1 Å². The van der Waals surface area contributed by atoms with E-state index >= 15 is 0 Å². The number of primary amides is 1. The third kappa shape index (κ3) is 6.54. The lowest BCUT2D eigenvalue weighted by molar-refractivity contribution is -0.143. The zero-order valence-corrected chi connectivity index (χ0v) is 20.2. The molecule has 1 unspecified atom stereocenters. The fraction of sp³-hybridized carbons (Fsp3) is 0.321. The van der Waals surface area contributed by atoms with Gasteiger partial charge in [0.2, 0.25) is 5.91 Å². The molecule has 38 heavy (non-hydrogen) atoms. The van der Waals surface area contributed by atoms with Crippen molar-refractivity contribution in [1.29, 1.82) is 0 Å². The Kier molecular flexibility index (Phi) is 8.13. The van der Waals surface area contributed by atoms with Crippen molar-refractivity contribution in [2.45, 2.75) is 43.8 Å². The number of hydrogen-bond acceptors (Lipinski definition) is 3. The number of fused-ring (bicyclic) bond motifs is 2. The van der Waals surface area contributed by atoms with Crippen molar-refractivity contribution in [3.05, 3.63) is 106 Å². The van der Waals surface area contributed by atoms with Crippen molar-refractivity contribution in [2.24, 2.45) is 5.73 Å². The van der Waals surface area contributed by atoms with Crippen LogP contribution in [-0.2, 0) is 41.3 Å². The second-order valence-electron chi connectivity index (χ2n) is 9.26. The van der Waals surface area contributed by atoms with E-state index in [2.05, 4.69) is 5.32 Å². The van der Waals surface area contributed by atoms with Gasteiger partial charge in [-0.3, -0.25) is 4.79 Å². The molecule has 1 atom stereocenters. The first kappa shape index (κ1) is 27.7. The van der Waals surface area contributed by atoms with Crippen LogP contribution in [0.2, 0.25) is 0 Å². The van der Waals surface area contributed by atoms with Crippen LogP contribution in [0, 0.1) is 0 Å². The molecule has 3 aromatic rings. The molecule has 0 bridgehead atoms. The van der Waals surface area contributed by atoms with Gasteiger partial charge in [0.15, 0.2) is 0 Å². The Morgan fingerprint density at radius 3 is 1.84 bits per heavy atom. The van der Waals surface area contributed by atoms with E-state index < -0.39 is 42.0 Å². The summed E-state index contributed by atoms with van der Waals surface area (Å²) in [6, 6.07) is 16.5. The lowest BCUT2D eigenvalue weighted by Crippen LogP contribution is -2.43. The number of aryl methyl sites for hydroxylation is 2. The molecule has 0 fully saturated rings. The summed E-state index contributed by atoms with van der Waals surface area (Å²) in [6.07, 6.45) is -8.32. The maximum absolute atomic E-state index is 13.3. The smallest absolute Gasteiger partial charge is 0.375 e. The van der Waals surface area contributed by atoms with Gasteiger partial charge in [-0.15, -0.1) is 0 Å². The first-order valence-corrected chi connectivity index (χ1v) is 12.0. The highest BCUT2D eigenvalue weighted by atomic mass is 19.4. The van der Waals surface area contributed by atoms with E-state index in [1.54, 1.807) is 0 Å². The second kappa shape index (κ2) is 11.2. The van der Waals surface area contributed by atoms with E-state index in [4.69, 9.17) is 10.5 Å². The Hall–Kier alpha value is -3.37. The lowest BCUT2D eigenvalue weighted by Gasteiger charge is -2.30. The van der Waals surface area contributed by atoms with Crippen molar-refractivity contribution in [3.8, 4) is 0 Å². The number of carbonyl (C=O) groups is 1. The number of hydrogen-bond donors (Lipinski definition) is 2. The summed E-state index contributed by atoms with van der Waals surface area (Å²) in [5.41, 5.74) is 6.51. The number of ether oxygens (including phenoxy) is 1. The highest BCUT2D eigenvalue weighted by Gasteiger charge is 2.37. The number of amides is 1. The number of nitrogens with two attached hydrogens (primary N) is 1. The maximum Gasteiger partial charge on any atom is 0.416 e. The Morgan fingerprint density at radius 1 is 0.868 bits per heavy atom. The first-order chi connectivity index (χ1) is 17.9. The number of nitrogens with one attached hydrogen (secondary N) is 1. The van der Waals surface area contributed by atoms with E-state index in [0.29, 0.717) is 12.1 Å². The Labute approximate surface area is 215 Å². The number of alkyl halides is 6. The number of halogens is 6. The van der Waals surface area contributed by atoms with Gasteiger partial charge in [0, 0.05) is 12.0 Å². The van der Waals surface area contributed by atoms with Gasteiger partial charge in [-0.25, -0.2) is 0 Å². The van der Waals surface area contributed by atoms with E-state index in [9.17, 15) is 31.1 Å². The molecular formula is C28H26F6N2O2. The summed E-state index contributed by atoms with van der Waals surface area (Å²) >= 11 is 0. The van der Waals surface area contributed by atoms with E-state index in [1.165, 1.54) is 0 Å². The fourth-order valence-electron chi connectivity index (χ4n) is 4.91. The molecule has 10 heteroatoms. The molecule has 0 saturated carbocycles. The molecule has 1 amide bonds. The highest BCUT2D eigenvalue weighted by Crippen LogP contribution is 2.38. The summed E-state index contributed by atoms with van der Waals surface area (Å²) < 4.78 is 85.3. The molecule has 202 valence electrons. The fourth-order valence-corrected chi connectivity index (χ4v) is 4.91. The van der Waals surface area contributed by atoms with Crippen molar-refractivity contribution < 1.29 is 35.9 Å². The summed E-state index contributed by atoms with van der Waals surface area (Å²) in [5, 5.41) is 3.10. The number of benzene rings is 3. The predicted molar refractivity (Wildman–Crippen MR) is 129 cm³/mol. The van der Waals surface area contributed by atoms with Crippen LogP contribution in [0.25, 0.3) is 0 Å². The summed E-state index contributed by atoms with van der Waals surface area (Å²) in [5.74, 6) is -0.908. The molecule has 1 aliphatic carbocycles. The quantitative estimate of drug-likeness (QED) is 0.368. The molecule has 4 nitrogen and oxygen atoms in total. The van der Waals surface area contributed by atoms with Crippen molar-refractivity contribution in [1.82, 2.24) is 5.32 Å². The third-order valence-electron chi connectivity index (χ3n) is 6.60. The molecule has 3 aromatic carbocycles. The summed E-state index contributed by atoms with van der Waals surface area (Å²) in [7, 11) is 0. The minimum atomic E-state index is -4.95. The number of carbonyl (C=O) groups excluding carboxylic acids is 1. The van der Waals surface area contributed by atoms with Crippen molar-refractivity contribution in [3.63, 3.8) is 0 Å². The van der Waals surface area contributed by atoms with Crippen LogP contribution in [0.4, 0.5) is 26.3 Å². The van der Waals surface area contributed by atoms with Crippen LogP contribution in [0.15, 0.2) is 66.7 Å². The first-order valence-electron chi connectivity index (χ1n) is 12.0. The standard InChI is InChI=1S/C28H26F6N2O2/c29-27(30,31)20-11-17(12-21(13-20)28(32,33)34)15-38-16-24(36-14-25(35)37)26-22-7-3-1-5-18(22)9-10-19-6-2-4-8-23(19)26/h1-8,11-13,24,26,36H,9-10,14-16H2,(H2,35,37). The van der Waals surface area contributed by atoms with E-state index in [1.807, 2.05) is 48.5 Å². The maximum atomic E-state index is 13.3. The van der Waals surface area contributed by atoms with Crippen molar-refractivity contribution in [2.75, 3.05) is 13.2 Å². The van der Waals surface area contributed by atoms with Gasteiger partial charge < -0.3 is 15.8 Å². The second-order valence-corrected chi connectivity index (χ2v) is 9.26. The monoisotopic (exact) mass is 536 g/mol. The van der Waals surface area contributed by atoms with Crippen LogP contribution in [0.3, 0.4) is 0 Å². The lowest BCUT2D eigenvalue weighted by atomic mass is 9.82. The normalized spacial score (nSPS) is 14.9. The molecule has 0 radical (unpaired) electrons. The average Bonchev–Trinajstić information content (AvgIpc) is 3.02. The van der Waals surface area contributed by atoms with Crippen molar-refractivity contribution >= 4 is 5.91 Å². The minimum Gasteiger partial charge on any atom is -0.375 e. The van der Waals surface area contributed by atoms with E-state index in [0.717, 1.165) is 35.1 Å². The molecule has 1 aliphatic rings. The molecule has 3 N–H and O–H groups in total. The number of rotatable bonds is 8. The Balaban J connectivity index is 1.65. The average molecular weight is 537 g/mol. The topological polar surface area (TPSA) is 64.4 Å². The van der Waals surface area contributed by atoms with E-state index in [-0.39, 0.29) is 30.7 Å². The van der Waals surface area contributed by atoms with Gasteiger partial charge in [-0.05, 0) is 58.9 Å². The largest absolute Gasteiger partial charge is 0.416 e. The van der Waals surface area contributed by atoms with Crippen LogP contribution in [0.1, 0.15) is 44.9 Å².